The van der Waals surface area contributed by atoms with E-state index in [1.165, 1.54) is 0 Å². The highest BCUT2D eigenvalue weighted by Crippen LogP contribution is 2.27. The van der Waals surface area contributed by atoms with Gasteiger partial charge in [0.1, 0.15) is 5.82 Å². The van der Waals surface area contributed by atoms with Crippen molar-refractivity contribution in [3.63, 3.8) is 0 Å². The molecule has 6 heteroatoms. The number of nitrogen functional groups attached to an aromatic ring is 1. The van der Waals surface area contributed by atoms with Gasteiger partial charge >= 0.3 is 0 Å². The van der Waals surface area contributed by atoms with Crippen LogP contribution < -0.4 is 5.73 Å². The van der Waals surface area contributed by atoms with Crippen LogP contribution >= 0.6 is 27.5 Å². The third-order valence-corrected chi connectivity index (χ3v) is 3.51. The van der Waals surface area contributed by atoms with Crippen molar-refractivity contribution in [3.05, 3.63) is 58.4 Å². The van der Waals surface area contributed by atoms with Gasteiger partial charge in [-0.3, -0.25) is 4.57 Å². The molecule has 1 aromatic carbocycles. The zero-order valence-electron chi connectivity index (χ0n) is 10.3. The Morgan fingerprint density at radius 3 is 2.80 bits per heavy atom. The van der Waals surface area contributed by atoms with Crippen molar-refractivity contribution in [3.8, 4) is 17.2 Å². The normalized spacial score (nSPS) is 10.7. The first-order valence-corrected chi connectivity index (χ1v) is 7.03. The average Bonchev–Trinajstić information content (AvgIpc) is 2.87. The molecule has 2 aromatic heterocycles. The summed E-state index contributed by atoms with van der Waals surface area (Å²) in [7, 11) is 0. The summed E-state index contributed by atoms with van der Waals surface area (Å²) < 4.78 is 2.67. The Morgan fingerprint density at radius 2 is 2.05 bits per heavy atom. The van der Waals surface area contributed by atoms with Gasteiger partial charge in [-0.1, -0.05) is 23.7 Å². The third-order valence-electron chi connectivity index (χ3n) is 2.80. The van der Waals surface area contributed by atoms with Gasteiger partial charge in [-0.2, -0.15) is 0 Å². The molecule has 3 rings (SSSR count). The van der Waals surface area contributed by atoms with Crippen LogP contribution in [0.15, 0.2) is 53.4 Å². The Hall–Kier alpha value is -1.85. The van der Waals surface area contributed by atoms with Crippen molar-refractivity contribution in [2.24, 2.45) is 0 Å². The van der Waals surface area contributed by atoms with E-state index in [1.807, 2.05) is 35.0 Å². The summed E-state index contributed by atoms with van der Waals surface area (Å²) >= 11 is 9.59. The first-order valence-electron chi connectivity index (χ1n) is 5.86. The van der Waals surface area contributed by atoms with Gasteiger partial charge in [0.05, 0.1) is 5.02 Å². The topological polar surface area (TPSA) is 56.7 Å². The Bertz CT molecular complexity index is 769. The van der Waals surface area contributed by atoms with Gasteiger partial charge in [-0.05, 0) is 34.1 Å². The van der Waals surface area contributed by atoms with Crippen molar-refractivity contribution in [1.29, 1.82) is 0 Å². The molecule has 0 fully saturated rings. The van der Waals surface area contributed by atoms with Crippen molar-refractivity contribution in [2.45, 2.75) is 0 Å². The van der Waals surface area contributed by atoms with Crippen molar-refractivity contribution in [1.82, 2.24) is 14.5 Å². The summed E-state index contributed by atoms with van der Waals surface area (Å²) in [6.07, 6.45) is 5.23. The number of pyridine rings is 1. The lowest BCUT2D eigenvalue weighted by Crippen LogP contribution is -2.00. The zero-order valence-corrected chi connectivity index (χ0v) is 12.6. The van der Waals surface area contributed by atoms with Crippen LogP contribution in [-0.4, -0.2) is 14.5 Å². The monoisotopic (exact) mass is 348 g/mol. The van der Waals surface area contributed by atoms with E-state index in [9.17, 15) is 0 Å². The lowest BCUT2D eigenvalue weighted by molar-refractivity contribution is 1.00. The van der Waals surface area contributed by atoms with Gasteiger partial charge in [-0.25, -0.2) is 9.97 Å². The maximum Gasteiger partial charge on any atom is 0.157 e. The van der Waals surface area contributed by atoms with Gasteiger partial charge in [0.25, 0.3) is 0 Å². The Balaban J connectivity index is 2.15. The molecule has 0 saturated carbocycles. The van der Waals surface area contributed by atoms with E-state index in [0.29, 0.717) is 16.5 Å². The van der Waals surface area contributed by atoms with Crippen molar-refractivity contribution < 1.29 is 0 Å². The molecular weight excluding hydrogens is 340 g/mol. The zero-order chi connectivity index (χ0) is 14.1. The number of anilines is 1. The predicted molar refractivity (Wildman–Crippen MR) is 83.9 cm³/mol. The predicted octanol–water partition coefficient (Wildman–Crippen LogP) is 3.93. The average molecular weight is 350 g/mol. The molecule has 0 radical (unpaired) electrons. The van der Waals surface area contributed by atoms with Gasteiger partial charge < -0.3 is 5.73 Å². The van der Waals surface area contributed by atoms with Gasteiger partial charge in [-0.15, -0.1) is 0 Å². The van der Waals surface area contributed by atoms with E-state index in [4.69, 9.17) is 17.3 Å². The molecule has 0 aliphatic heterocycles. The first kappa shape index (κ1) is 13.1. The highest BCUT2D eigenvalue weighted by atomic mass is 79.9. The lowest BCUT2D eigenvalue weighted by Gasteiger charge is -2.09. The molecule has 0 atom stereocenters. The number of hydrogen-bond donors (Lipinski definition) is 1. The second-order valence-electron chi connectivity index (χ2n) is 4.21. The number of halogens is 2. The van der Waals surface area contributed by atoms with Crippen LogP contribution in [0, 0.1) is 0 Å². The van der Waals surface area contributed by atoms with E-state index in [1.54, 1.807) is 18.5 Å². The Morgan fingerprint density at radius 1 is 1.20 bits per heavy atom. The SMILES string of the molecule is Nc1cccc(-c2nccn2-c2ncc(Br)cc2Cl)c1. The maximum absolute atomic E-state index is 6.25. The highest BCUT2D eigenvalue weighted by Gasteiger charge is 2.12. The fraction of sp³-hybridized carbons (Fsp3) is 0. The van der Waals surface area contributed by atoms with E-state index in [0.717, 1.165) is 15.9 Å². The molecule has 0 unspecified atom stereocenters. The largest absolute Gasteiger partial charge is 0.399 e. The van der Waals surface area contributed by atoms with Crippen LogP contribution in [0.5, 0.6) is 0 Å². The lowest BCUT2D eigenvalue weighted by atomic mass is 10.2. The number of rotatable bonds is 2. The molecule has 3 aromatic rings. The van der Waals surface area contributed by atoms with E-state index >= 15 is 0 Å². The van der Waals surface area contributed by atoms with E-state index in [2.05, 4.69) is 25.9 Å². The number of imidazole rings is 1. The van der Waals surface area contributed by atoms with Crippen molar-refractivity contribution >= 4 is 33.2 Å². The van der Waals surface area contributed by atoms with E-state index < -0.39 is 0 Å². The molecule has 100 valence electrons. The Kier molecular flexibility index (Phi) is 3.46. The molecule has 0 saturated heterocycles. The third kappa shape index (κ3) is 2.42. The van der Waals surface area contributed by atoms with Crippen LogP contribution in [0.2, 0.25) is 5.02 Å². The molecule has 0 amide bonds. The fourth-order valence-corrected chi connectivity index (χ4v) is 2.67. The van der Waals surface area contributed by atoms with Gasteiger partial charge in [0, 0.05) is 34.3 Å². The molecule has 4 nitrogen and oxygen atoms in total. The van der Waals surface area contributed by atoms with Crippen LogP contribution in [0.3, 0.4) is 0 Å². The number of benzene rings is 1. The summed E-state index contributed by atoms with van der Waals surface area (Å²) in [4.78, 5) is 8.71. The Labute approximate surface area is 129 Å². The number of nitrogens with two attached hydrogens (primary N) is 1. The number of hydrogen-bond acceptors (Lipinski definition) is 3. The van der Waals surface area contributed by atoms with Crippen LogP contribution in [-0.2, 0) is 0 Å². The smallest absolute Gasteiger partial charge is 0.157 e. The fourth-order valence-electron chi connectivity index (χ4n) is 1.95. The molecule has 0 aliphatic rings. The second-order valence-corrected chi connectivity index (χ2v) is 5.53. The number of aromatic nitrogens is 3. The minimum absolute atomic E-state index is 0.544. The highest BCUT2D eigenvalue weighted by molar-refractivity contribution is 9.10. The van der Waals surface area contributed by atoms with Crippen LogP contribution in [0.4, 0.5) is 5.69 Å². The minimum atomic E-state index is 0.544. The summed E-state index contributed by atoms with van der Waals surface area (Å²) in [6.45, 7) is 0. The number of nitrogens with zero attached hydrogens (tertiary/aromatic N) is 3. The molecule has 0 spiro atoms. The molecule has 2 heterocycles. The maximum atomic E-state index is 6.25. The minimum Gasteiger partial charge on any atom is -0.399 e. The molecule has 0 aliphatic carbocycles. The van der Waals surface area contributed by atoms with Crippen LogP contribution in [0.25, 0.3) is 17.2 Å². The van der Waals surface area contributed by atoms with Crippen molar-refractivity contribution in [2.75, 3.05) is 5.73 Å². The summed E-state index contributed by atoms with van der Waals surface area (Å²) in [5.74, 6) is 1.37. The van der Waals surface area contributed by atoms with Gasteiger partial charge in [0.15, 0.2) is 5.82 Å². The standard InChI is InChI=1S/C14H10BrClN4/c15-10-7-12(16)14(19-8-10)20-5-4-18-13(20)9-2-1-3-11(17)6-9/h1-8H,17H2. The summed E-state index contributed by atoms with van der Waals surface area (Å²) in [5, 5.41) is 0.544. The molecular formula is C14H10BrClN4. The molecule has 2 N–H and O–H groups in total. The first-order chi connectivity index (χ1) is 9.65. The quantitative estimate of drug-likeness (QED) is 0.713. The van der Waals surface area contributed by atoms with Gasteiger partial charge in [0.2, 0.25) is 0 Å². The second kappa shape index (κ2) is 5.26. The van der Waals surface area contributed by atoms with Crippen LogP contribution in [0.1, 0.15) is 0 Å². The van der Waals surface area contributed by atoms with E-state index in [-0.39, 0.29) is 0 Å². The summed E-state index contributed by atoms with van der Waals surface area (Å²) in [5.41, 5.74) is 7.42. The molecule has 20 heavy (non-hydrogen) atoms. The summed E-state index contributed by atoms with van der Waals surface area (Å²) in [6, 6.07) is 9.34. The molecule has 0 bridgehead atoms.